The lowest BCUT2D eigenvalue weighted by Gasteiger charge is -2.41. The molecule has 132 valence electrons. The molecule has 5 nitrogen and oxygen atoms in total. The van der Waals surface area contributed by atoms with Crippen molar-refractivity contribution in [1.82, 2.24) is 15.2 Å². The lowest BCUT2D eigenvalue weighted by atomic mass is 9.66. The van der Waals surface area contributed by atoms with E-state index < -0.39 is 0 Å². The Hall–Kier alpha value is -3.02. The van der Waals surface area contributed by atoms with Crippen LogP contribution < -0.4 is 11.1 Å². The molecule has 4 rings (SSSR count). The maximum atomic E-state index is 14.2. The van der Waals surface area contributed by atoms with Gasteiger partial charge >= 0.3 is 0 Å². The first-order valence-corrected chi connectivity index (χ1v) is 8.71. The Morgan fingerprint density at radius 1 is 1.04 bits per heavy atom. The molecular weight excluding hydrogens is 329 g/mol. The molecule has 2 heterocycles. The number of pyridine rings is 1. The minimum atomic E-state index is -0.261. The summed E-state index contributed by atoms with van der Waals surface area (Å²) in [5.74, 6) is 0.436. The fourth-order valence-electron chi connectivity index (χ4n) is 3.37. The van der Waals surface area contributed by atoms with Gasteiger partial charge in [0.2, 0.25) is 0 Å². The van der Waals surface area contributed by atoms with E-state index in [1.54, 1.807) is 12.3 Å². The predicted molar refractivity (Wildman–Crippen MR) is 100 cm³/mol. The Morgan fingerprint density at radius 2 is 1.85 bits per heavy atom. The van der Waals surface area contributed by atoms with Crippen LogP contribution in [-0.4, -0.2) is 21.7 Å². The van der Waals surface area contributed by atoms with E-state index in [0.29, 0.717) is 23.7 Å². The van der Waals surface area contributed by atoms with Crippen LogP contribution in [0.25, 0.3) is 11.3 Å². The minimum Gasteiger partial charge on any atom is -0.399 e. The number of aromatic nitrogens is 3. The third-order valence-corrected chi connectivity index (χ3v) is 5.05. The van der Waals surface area contributed by atoms with Crippen LogP contribution in [0.2, 0.25) is 0 Å². The fraction of sp³-hybridized carbons (Fsp3) is 0.250. The largest absolute Gasteiger partial charge is 0.399 e. The summed E-state index contributed by atoms with van der Waals surface area (Å²) in [4.78, 5) is 4.28. The molecule has 1 fully saturated rings. The number of nitrogens with zero attached hydrogens (tertiary/aromatic N) is 3. The summed E-state index contributed by atoms with van der Waals surface area (Å²) in [6, 6.07) is 14.4. The van der Waals surface area contributed by atoms with Crippen LogP contribution >= 0.6 is 0 Å². The molecule has 6 heteroatoms. The number of hydrogen-bond acceptors (Lipinski definition) is 5. The number of nitrogens with one attached hydrogen (secondary N) is 1. The maximum absolute atomic E-state index is 14.2. The smallest absolute Gasteiger partial charge is 0.148 e. The van der Waals surface area contributed by atoms with Crippen LogP contribution in [-0.2, 0) is 5.41 Å². The average Bonchev–Trinajstić information content (AvgIpc) is 2.63. The zero-order valence-corrected chi connectivity index (χ0v) is 14.3. The summed E-state index contributed by atoms with van der Waals surface area (Å²) in [6.07, 6.45) is 4.58. The van der Waals surface area contributed by atoms with E-state index in [1.165, 1.54) is 6.07 Å². The van der Waals surface area contributed by atoms with Crippen molar-refractivity contribution in [3.63, 3.8) is 0 Å². The van der Waals surface area contributed by atoms with E-state index >= 15 is 0 Å². The summed E-state index contributed by atoms with van der Waals surface area (Å²) < 4.78 is 14.2. The van der Waals surface area contributed by atoms with Gasteiger partial charge in [-0.2, -0.15) is 0 Å². The molecule has 0 saturated heterocycles. The number of nitrogen functional groups attached to an aromatic ring is 1. The topological polar surface area (TPSA) is 76.7 Å². The number of anilines is 2. The standard InChI is InChI=1S/C20H20FN5/c21-16-3-1-12-23-19(16)20(10-2-11-20)13-24-18-9-8-17(25-26-18)14-4-6-15(22)7-5-14/h1,3-9,12H,2,10-11,13,22H2,(H,24,26). The van der Waals surface area contributed by atoms with Gasteiger partial charge in [0.15, 0.2) is 0 Å². The molecule has 2 aromatic heterocycles. The molecular formula is C20H20FN5. The highest BCUT2D eigenvalue weighted by atomic mass is 19.1. The van der Waals surface area contributed by atoms with Gasteiger partial charge in [0.05, 0.1) is 11.4 Å². The summed E-state index contributed by atoms with van der Waals surface area (Å²) in [7, 11) is 0. The van der Waals surface area contributed by atoms with Crippen LogP contribution in [0.15, 0.2) is 54.7 Å². The quantitative estimate of drug-likeness (QED) is 0.685. The molecule has 1 aliphatic rings. The van der Waals surface area contributed by atoms with Gasteiger partial charge < -0.3 is 11.1 Å². The zero-order chi connectivity index (χ0) is 18.0. The third-order valence-electron chi connectivity index (χ3n) is 5.05. The lowest BCUT2D eigenvalue weighted by Crippen LogP contribution is -2.42. The Balaban J connectivity index is 1.47. The van der Waals surface area contributed by atoms with Gasteiger partial charge in [-0.3, -0.25) is 4.98 Å². The SMILES string of the molecule is Nc1ccc(-c2ccc(NCC3(c4ncccc4F)CCC3)nn2)cc1. The molecule has 26 heavy (non-hydrogen) atoms. The van der Waals surface area contributed by atoms with Gasteiger partial charge in [-0.1, -0.05) is 18.6 Å². The second-order valence-electron chi connectivity index (χ2n) is 6.75. The van der Waals surface area contributed by atoms with Crippen molar-refractivity contribution in [3.05, 3.63) is 66.2 Å². The highest BCUT2D eigenvalue weighted by molar-refractivity contribution is 5.62. The van der Waals surface area contributed by atoms with E-state index in [1.807, 2.05) is 36.4 Å². The van der Waals surface area contributed by atoms with Gasteiger partial charge in [-0.15, -0.1) is 10.2 Å². The first-order valence-electron chi connectivity index (χ1n) is 8.71. The summed E-state index contributed by atoms with van der Waals surface area (Å²) in [5.41, 5.74) is 8.45. The van der Waals surface area contributed by atoms with Gasteiger partial charge in [-0.25, -0.2) is 4.39 Å². The second kappa shape index (κ2) is 6.71. The van der Waals surface area contributed by atoms with Crippen LogP contribution in [0.3, 0.4) is 0 Å². The molecule has 0 atom stereocenters. The molecule has 0 spiro atoms. The fourth-order valence-corrected chi connectivity index (χ4v) is 3.37. The third kappa shape index (κ3) is 3.10. The number of halogens is 1. The monoisotopic (exact) mass is 349 g/mol. The number of hydrogen-bond donors (Lipinski definition) is 2. The van der Waals surface area contributed by atoms with E-state index in [9.17, 15) is 4.39 Å². The van der Waals surface area contributed by atoms with Crippen molar-refractivity contribution in [2.75, 3.05) is 17.6 Å². The molecule has 3 N–H and O–H groups in total. The van der Waals surface area contributed by atoms with Crippen LogP contribution in [0.5, 0.6) is 0 Å². The van der Waals surface area contributed by atoms with E-state index in [4.69, 9.17) is 5.73 Å². The zero-order valence-electron chi connectivity index (χ0n) is 14.3. The Kier molecular flexibility index (Phi) is 4.24. The predicted octanol–water partition coefficient (Wildman–Crippen LogP) is 3.79. The first kappa shape index (κ1) is 16.4. The van der Waals surface area contributed by atoms with Crippen molar-refractivity contribution in [3.8, 4) is 11.3 Å². The Morgan fingerprint density at radius 3 is 2.46 bits per heavy atom. The molecule has 1 saturated carbocycles. The highest BCUT2D eigenvalue weighted by Gasteiger charge is 2.41. The van der Waals surface area contributed by atoms with E-state index in [-0.39, 0.29) is 11.2 Å². The van der Waals surface area contributed by atoms with Gasteiger partial charge in [0, 0.05) is 29.4 Å². The summed E-state index contributed by atoms with van der Waals surface area (Å²) in [5, 5.41) is 11.8. The molecule has 0 bridgehead atoms. The van der Waals surface area contributed by atoms with Crippen molar-refractivity contribution in [2.24, 2.45) is 0 Å². The Bertz CT molecular complexity index is 889. The molecule has 0 radical (unpaired) electrons. The van der Waals surface area contributed by atoms with Gasteiger partial charge in [-0.05, 0) is 49.2 Å². The number of rotatable bonds is 5. The minimum absolute atomic E-state index is 0.237. The van der Waals surface area contributed by atoms with Crippen LogP contribution in [0.1, 0.15) is 25.0 Å². The maximum Gasteiger partial charge on any atom is 0.148 e. The van der Waals surface area contributed by atoms with Crippen molar-refractivity contribution < 1.29 is 4.39 Å². The van der Waals surface area contributed by atoms with E-state index in [0.717, 1.165) is 30.5 Å². The highest BCUT2D eigenvalue weighted by Crippen LogP contribution is 2.43. The van der Waals surface area contributed by atoms with Gasteiger partial charge in [0.25, 0.3) is 0 Å². The van der Waals surface area contributed by atoms with Crippen LogP contribution in [0.4, 0.5) is 15.9 Å². The summed E-state index contributed by atoms with van der Waals surface area (Å²) >= 11 is 0. The average molecular weight is 349 g/mol. The molecule has 1 aromatic carbocycles. The molecule has 1 aliphatic carbocycles. The second-order valence-corrected chi connectivity index (χ2v) is 6.75. The number of nitrogens with two attached hydrogens (primary N) is 1. The number of benzene rings is 1. The van der Waals surface area contributed by atoms with Crippen molar-refractivity contribution >= 4 is 11.5 Å². The first-order chi connectivity index (χ1) is 12.7. The molecule has 0 unspecified atom stereocenters. The Labute approximate surface area is 151 Å². The molecule has 3 aromatic rings. The van der Waals surface area contributed by atoms with E-state index in [2.05, 4.69) is 20.5 Å². The normalized spacial score (nSPS) is 15.3. The lowest BCUT2D eigenvalue weighted by molar-refractivity contribution is 0.243. The van der Waals surface area contributed by atoms with Gasteiger partial charge in [0.1, 0.15) is 11.6 Å². The van der Waals surface area contributed by atoms with Crippen LogP contribution in [0, 0.1) is 5.82 Å². The van der Waals surface area contributed by atoms with Crippen molar-refractivity contribution in [1.29, 1.82) is 0 Å². The summed E-state index contributed by atoms with van der Waals surface area (Å²) in [6.45, 7) is 0.594. The van der Waals surface area contributed by atoms with Crippen molar-refractivity contribution in [2.45, 2.75) is 24.7 Å². The molecule has 0 aliphatic heterocycles. The molecule has 0 amide bonds.